The highest BCUT2D eigenvalue weighted by molar-refractivity contribution is 6.10. The number of nitrogens with two attached hydrogens (primary N) is 1. The van der Waals surface area contributed by atoms with E-state index in [4.69, 9.17) is 5.73 Å². The molecule has 0 spiro atoms. The number of carbonyl (C=O) groups excluding carboxylic acids is 1. The molecule has 1 saturated heterocycles. The summed E-state index contributed by atoms with van der Waals surface area (Å²) in [6.45, 7) is 0.923. The Labute approximate surface area is 175 Å². The first-order valence-corrected chi connectivity index (χ1v) is 9.70. The van der Waals surface area contributed by atoms with E-state index in [1.165, 1.54) is 12.1 Å². The van der Waals surface area contributed by atoms with Gasteiger partial charge in [0.25, 0.3) is 5.91 Å². The third-order valence-corrected chi connectivity index (χ3v) is 5.83. The monoisotopic (exact) mass is 425 g/mol. The van der Waals surface area contributed by atoms with Crippen molar-refractivity contribution in [3.8, 4) is 0 Å². The molecule has 2 N–H and O–H groups in total. The van der Waals surface area contributed by atoms with Crippen LogP contribution in [0.5, 0.6) is 0 Å². The number of nitrogens with zero attached hydrogens (tertiary/aromatic N) is 4. The lowest BCUT2D eigenvalue weighted by Gasteiger charge is -2.39. The molecule has 6 nitrogen and oxygen atoms in total. The number of halogens is 3. The Hall–Kier alpha value is -3.62. The fourth-order valence-corrected chi connectivity index (χ4v) is 4.07. The molecule has 0 aliphatic carbocycles. The largest absolute Gasteiger partial charge is 0.416 e. The number of aromatic nitrogens is 3. The topological polar surface area (TPSA) is 77.0 Å². The van der Waals surface area contributed by atoms with E-state index in [0.29, 0.717) is 30.0 Å². The first-order chi connectivity index (χ1) is 14.7. The van der Waals surface area contributed by atoms with E-state index < -0.39 is 11.7 Å². The molecule has 2 aromatic heterocycles. The van der Waals surface area contributed by atoms with Gasteiger partial charge in [-0.25, -0.2) is 4.98 Å². The number of anilines is 1. The first-order valence-electron chi connectivity index (χ1n) is 9.70. The molecule has 0 bridgehead atoms. The molecule has 5 rings (SSSR count). The molecule has 1 aliphatic rings. The third kappa shape index (κ3) is 3.17. The summed E-state index contributed by atoms with van der Waals surface area (Å²) >= 11 is 0. The van der Waals surface area contributed by atoms with Crippen molar-refractivity contribution in [1.82, 2.24) is 19.7 Å². The minimum absolute atomic E-state index is 0.0249. The Balaban J connectivity index is 1.37. The van der Waals surface area contributed by atoms with E-state index in [1.54, 1.807) is 41.0 Å². The Kier molecular flexibility index (Phi) is 4.18. The van der Waals surface area contributed by atoms with E-state index in [1.807, 2.05) is 0 Å². The van der Waals surface area contributed by atoms with Crippen LogP contribution in [0.15, 0.2) is 48.7 Å². The number of hydrogen-bond donors (Lipinski definition) is 1. The van der Waals surface area contributed by atoms with Crippen molar-refractivity contribution in [3.63, 3.8) is 0 Å². The fourth-order valence-electron chi connectivity index (χ4n) is 4.07. The number of rotatable bonds is 2. The van der Waals surface area contributed by atoms with Gasteiger partial charge in [-0.3, -0.25) is 9.48 Å². The van der Waals surface area contributed by atoms with Gasteiger partial charge in [-0.15, -0.1) is 0 Å². The normalized spacial score (nSPS) is 14.9. The Morgan fingerprint density at radius 1 is 1.10 bits per heavy atom. The van der Waals surface area contributed by atoms with Crippen LogP contribution < -0.4 is 5.73 Å². The third-order valence-electron chi connectivity index (χ3n) is 5.83. The van der Waals surface area contributed by atoms with Crippen LogP contribution in [-0.2, 0) is 13.2 Å². The number of hydrogen-bond acceptors (Lipinski definition) is 4. The van der Waals surface area contributed by atoms with E-state index >= 15 is 0 Å². The molecule has 2 aromatic carbocycles. The Morgan fingerprint density at radius 2 is 1.81 bits per heavy atom. The number of aryl methyl sites for hydroxylation is 1. The zero-order valence-electron chi connectivity index (χ0n) is 16.5. The first kappa shape index (κ1) is 19.3. The molecule has 3 heterocycles. The van der Waals surface area contributed by atoms with E-state index in [9.17, 15) is 18.0 Å². The molecule has 0 saturated carbocycles. The van der Waals surface area contributed by atoms with Gasteiger partial charge < -0.3 is 10.6 Å². The fraction of sp³-hybridized carbons (Fsp3) is 0.227. The second-order valence-corrected chi connectivity index (χ2v) is 7.79. The summed E-state index contributed by atoms with van der Waals surface area (Å²) in [7, 11) is 1.81. The van der Waals surface area contributed by atoms with Crippen molar-refractivity contribution < 1.29 is 18.0 Å². The Bertz CT molecular complexity index is 1320. The van der Waals surface area contributed by atoms with Crippen LogP contribution in [0.2, 0.25) is 0 Å². The zero-order valence-corrected chi connectivity index (χ0v) is 16.5. The van der Waals surface area contributed by atoms with Gasteiger partial charge in [0.15, 0.2) is 0 Å². The number of fused-ring (bicyclic) bond motifs is 3. The van der Waals surface area contributed by atoms with Gasteiger partial charge in [-0.05, 0) is 35.9 Å². The number of carbonyl (C=O) groups is 1. The van der Waals surface area contributed by atoms with Gasteiger partial charge in [0, 0.05) is 37.0 Å². The number of nitrogen functional groups attached to an aromatic ring is 1. The average Bonchev–Trinajstić information content (AvgIpc) is 3.09. The molecule has 0 atom stereocenters. The molecule has 1 amide bonds. The SMILES string of the molecule is Cn1ncc2c(N)nc3ccc(C(=O)N4CC(c5ccc(C(F)(F)F)cc5)C4)cc3c21. The van der Waals surface area contributed by atoms with Gasteiger partial charge in [0.1, 0.15) is 5.82 Å². The minimum Gasteiger partial charge on any atom is -0.383 e. The standard InChI is InChI=1S/C22H18F3N5O/c1-29-19-16-8-13(4-7-18(16)28-20(26)17(19)9-27-29)21(31)30-10-14(11-30)12-2-5-15(6-3-12)22(23,24)25/h2-9,14H,10-11H2,1H3,(H2,26,28). The van der Waals surface area contributed by atoms with Crippen LogP contribution in [0.25, 0.3) is 21.8 Å². The van der Waals surface area contributed by atoms with Gasteiger partial charge in [0.05, 0.1) is 28.2 Å². The maximum atomic E-state index is 13.0. The average molecular weight is 425 g/mol. The predicted octanol–water partition coefficient (Wildman–Crippen LogP) is 3.96. The quantitative estimate of drug-likeness (QED) is 0.527. The molecule has 1 aliphatic heterocycles. The molecule has 9 heteroatoms. The van der Waals surface area contributed by atoms with Crippen LogP contribution in [0.1, 0.15) is 27.4 Å². The molecular formula is C22H18F3N5O. The van der Waals surface area contributed by atoms with Gasteiger partial charge in [-0.2, -0.15) is 18.3 Å². The van der Waals surface area contributed by atoms with Gasteiger partial charge >= 0.3 is 6.18 Å². The zero-order chi connectivity index (χ0) is 21.9. The van der Waals surface area contributed by atoms with Gasteiger partial charge in [0.2, 0.25) is 0 Å². The van der Waals surface area contributed by atoms with Crippen molar-refractivity contribution in [2.45, 2.75) is 12.1 Å². The smallest absolute Gasteiger partial charge is 0.383 e. The predicted molar refractivity (Wildman–Crippen MR) is 111 cm³/mol. The highest BCUT2D eigenvalue weighted by atomic mass is 19.4. The summed E-state index contributed by atoms with van der Waals surface area (Å²) in [6.07, 6.45) is -2.70. The van der Waals surface area contributed by atoms with Crippen LogP contribution in [0, 0.1) is 0 Å². The summed E-state index contributed by atoms with van der Waals surface area (Å²) in [5, 5.41) is 5.75. The lowest BCUT2D eigenvalue weighted by atomic mass is 9.90. The molecule has 0 unspecified atom stereocenters. The highest BCUT2D eigenvalue weighted by Crippen LogP contribution is 2.34. The number of alkyl halides is 3. The maximum Gasteiger partial charge on any atom is 0.416 e. The van der Waals surface area contributed by atoms with Crippen molar-refractivity contribution in [3.05, 3.63) is 65.4 Å². The maximum absolute atomic E-state index is 13.0. The molecule has 0 radical (unpaired) electrons. The number of likely N-dealkylation sites (tertiary alicyclic amines) is 1. The van der Waals surface area contributed by atoms with Crippen LogP contribution in [0.4, 0.5) is 19.0 Å². The summed E-state index contributed by atoms with van der Waals surface area (Å²) in [5.74, 6) is 0.283. The van der Waals surface area contributed by atoms with Crippen molar-refractivity contribution in [2.24, 2.45) is 7.05 Å². The number of benzene rings is 2. The van der Waals surface area contributed by atoms with Crippen LogP contribution in [0.3, 0.4) is 0 Å². The lowest BCUT2D eigenvalue weighted by molar-refractivity contribution is -0.137. The van der Waals surface area contributed by atoms with Crippen LogP contribution >= 0.6 is 0 Å². The van der Waals surface area contributed by atoms with E-state index in [0.717, 1.165) is 34.0 Å². The molecule has 1 fully saturated rings. The van der Waals surface area contributed by atoms with E-state index in [-0.39, 0.29) is 11.8 Å². The Morgan fingerprint density at radius 3 is 2.48 bits per heavy atom. The molecule has 31 heavy (non-hydrogen) atoms. The number of pyridine rings is 1. The van der Waals surface area contributed by atoms with Crippen molar-refractivity contribution in [1.29, 1.82) is 0 Å². The van der Waals surface area contributed by atoms with Crippen molar-refractivity contribution in [2.75, 3.05) is 18.8 Å². The second-order valence-electron chi connectivity index (χ2n) is 7.79. The summed E-state index contributed by atoms with van der Waals surface area (Å²) in [4.78, 5) is 19.1. The second kappa shape index (κ2) is 6.69. The highest BCUT2D eigenvalue weighted by Gasteiger charge is 2.34. The summed E-state index contributed by atoms with van der Waals surface area (Å²) in [6, 6.07) is 10.4. The summed E-state index contributed by atoms with van der Waals surface area (Å²) in [5.41, 5.74) is 8.15. The molecular weight excluding hydrogens is 407 g/mol. The molecule has 4 aromatic rings. The lowest BCUT2D eigenvalue weighted by Crippen LogP contribution is -2.48. The van der Waals surface area contributed by atoms with E-state index in [2.05, 4.69) is 10.1 Å². The molecule has 158 valence electrons. The van der Waals surface area contributed by atoms with Crippen molar-refractivity contribution >= 4 is 33.5 Å². The number of amides is 1. The van der Waals surface area contributed by atoms with Crippen LogP contribution in [-0.4, -0.2) is 38.7 Å². The van der Waals surface area contributed by atoms with Gasteiger partial charge in [-0.1, -0.05) is 12.1 Å². The minimum atomic E-state index is -4.35. The summed E-state index contributed by atoms with van der Waals surface area (Å²) < 4.78 is 39.9.